The standard InChI is InChI=1S/C28H32N2O4/c1-19-14-20(2)16-22(15-19)34-13-9-8-12-30-24-11-7-6-10-23(24)29-28(30)21-17-25(31-3)27(33-5)26(18-21)32-4/h6-7,10-11,14-18H,8-9,12-13H2,1-5H3. The lowest BCUT2D eigenvalue weighted by Gasteiger charge is -2.15. The number of para-hydroxylation sites is 2. The number of ether oxygens (including phenoxy) is 4. The number of hydrogen-bond acceptors (Lipinski definition) is 5. The van der Waals surface area contributed by atoms with Gasteiger partial charge in [0.05, 0.1) is 39.0 Å². The van der Waals surface area contributed by atoms with Gasteiger partial charge in [-0.1, -0.05) is 18.2 Å². The summed E-state index contributed by atoms with van der Waals surface area (Å²) < 4.78 is 24.9. The molecule has 0 aliphatic heterocycles. The molecule has 0 atom stereocenters. The van der Waals surface area contributed by atoms with Crippen molar-refractivity contribution in [3.8, 4) is 34.4 Å². The third-order valence-electron chi connectivity index (χ3n) is 5.82. The third-order valence-corrected chi connectivity index (χ3v) is 5.82. The highest BCUT2D eigenvalue weighted by Crippen LogP contribution is 2.41. The molecule has 1 aromatic heterocycles. The first kappa shape index (κ1) is 23.5. The monoisotopic (exact) mass is 460 g/mol. The molecule has 0 radical (unpaired) electrons. The second-order valence-electron chi connectivity index (χ2n) is 8.37. The van der Waals surface area contributed by atoms with E-state index in [1.807, 2.05) is 30.3 Å². The Kier molecular flexibility index (Phi) is 7.26. The normalized spacial score (nSPS) is 11.0. The second-order valence-corrected chi connectivity index (χ2v) is 8.37. The minimum Gasteiger partial charge on any atom is -0.494 e. The number of rotatable bonds is 10. The number of nitrogens with zero attached hydrogens (tertiary/aromatic N) is 2. The largest absolute Gasteiger partial charge is 0.494 e. The molecule has 0 unspecified atom stereocenters. The molecule has 0 aliphatic carbocycles. The number of methoxy groups -OCH3 is 3. The van der Waals surface area contributed by atoms with Crippen LogP contribution in [0.5, 0.6) is 23.0 Å². The Morgan fingerprint density at radius 2 is 1.47 bits per heavy atom. The van der Waals surface area contributed by atoms with Gasteiger partial charge in [0, 0.05) is 12.1 Å². The summed E-state index contributed by atoms with van der Waals surface area (Å²) in [7, 11) is 4.86. The van der Waals surface area contributed by atoms with Gasteiger partial charge in [-0.05, 0) is 74.2 Å². The van der Waals surface area contributed by atoms with E-state index in [4.69, 9.17) is 23.9 Å². The van der Waals surface area contributed by atoms with E-state index in [9.17, 15) is 0 Å². The van der Waals surface area contributed by atoms with Crippen molar-refractivity contribution in [3.63, 3.8) is 0 Å². The molecule has 6 heteroatoms. The summed E-state index contributed by atoms with van der Waals surface area (Å²) >= 11 is 0. The van der Waals surface area contributed by atoms with Crippen molar-refractivity contribution in [2.75, 3.05) is 27.9 Å². The average molecular weight is 461 g/mol. The molecular formula is C28H32N2O4. The maximum atomic E-state index is 6.00. The minimum absolute atomic E-state index is 0.569. The number of aryl methyl sites for hydroxylation is 3. The SMILES string of the molecule is COc1cc(-c2nc3ccccc3n2CCCCOc2cc(C)cc(C)c2)cc(OC)c1OC. The van der Waals surface area contributed by atoms with Gasteiger partial charge >= 0.3 is 0 Å². The molecule has 1 heterocycles. The highest BCUT2D eigenvalue weighted by Gasteiger charge is 2.18. The Labute approximate surface area is 201 Å². The van der Waals surface area contributed by atoms with Crippen LogP contribution in [0.3, 0.4) is 0 Å². The predicted octanol–water partition coefficient (Wildman–Crippen LogP) is 6.21. The molecule has 0 saturated carbocycles. The van der Waals surface area contributed by atoms with Crippen LogP contribution in [0, 0.1) is 13.8 Å². The Morgan fingerprint density at radius 3 is 2.12 bits per heavy atom. The number of aromatic nitrogens is 2. The molecule has 0 aliphatic rings. The molecule has 34 heavy (non-hydrogen) atoms. The van der Waals surface area contributed by atoms with Crippen LogP contribution in [-0.4, -0.2) is 37.5 Å². The summed E-state index contributed by atoms with van der Waals surface area (Å²) in [6, 6.07) is 18.4. The third kappa shape index (κ3) is 4.96. The number of fused-ring (bicyclic) bond motifs is 1. The Balaban J connectivity index is 1.56. The van der Waals surface area contributed by atoms with Crippen LogP contribution in [0.25, 0.3) is 22.4 Å². The molecule has 0 bridgehead atoms. The number of unbranched alkanes of at least 4 members (excludes halogenated alkanes) is 1. The van der Waals surface area contributed by atoms with Gasteiger partial charge in [0.2, 0.25) is 5.75 Å². The van der Waals surface area contributed by atoms with Crippen LogP contribution < -0.4 is 18.9 Å². The van der Waals surface area contributed by atoms with E-state index in [-0.39, 0.29) is 0 Å². The first-order chi connectivity index (χ1) is 16.5. The van der Waals surface area contributed by atoms with Crippen LogP contribution in [0.2, 0.25) is 0 Å². The van der Waals surface area contributed by atoms with E-state index in [0.717, 1.165) is 47.6 Å². The lowest BCUT2D eigenvalue weighted by molar-refractivity contribution is 0.303. The molecule has 0 amide bonds. The zero-order chi connectivity index (χ0) is 24.1. The molecule has 0 spiro atoms. The van der Waals surface area contributed by atoms with E-state index in [2.05, 4.69) is 42.7 Å². The van der Waals surface area contributed by atoms with Crippen LogP contribution >= 0.6 is 0 Å². The number of hydrogen-bond donors (Lipinski definition) is 0. The van der Waals surface area contributed by atoms with Gasteiger partial charge in [-0.2, -0.15) is 0 Å². The van der Waals surface area contributed by atoms with Crippen LogP contribution in [0.15, 0.2) is 54.6 Å². The highest BCUT2D eigenvalue weighted by atomic mass is 16.5. The minimum atomic E-state index is 0.569. The van der Waals surface area contributed by atoms with Gasteiger partial charge < -0.3 is 23.5 Å². The summed E-state index contributed by atoms with van der Waals surface area (Å²) in [5, 5.41) is 0. The quantitative estimate of drug-likeness (QED) is 0.264. The Morgan fingerprint density at radius 1 is 0.794 bits per heavy atom. The van der Waals surface area contributed by atoms with Crippen molar-refractivity contribution in [1.29, 1.82) is 0 Å². The van der Waals surface area contributed by atoms with Gasteiger partial charge in [-0.25, -0.2) is 4.98 Å². The smallest absolute Gasteiger partial charge is 0.203 e. The van der Waals surface area contributed by atoms with E-state index in [1.165, 1.54) is 11.1 Å². The molecule has 0 fully saturated rings. The molecule has 4 aromatic rings. The Bertz CT molecular complexity index is 1230. The topological polar surface area (TPSA) is 54.7 Å². The zero-order valence-corrected chi connectivity index (χ0v) is 20.6. The summed E-state index contributed by atoms with van der Waals surface area (Å²) in [5.74, 6) is 3.59. The van der Waals surface area contributed by atoms with Crippen molar-refractivity contribution < 1.29 is 18.9 Å². The van der Waals surface area contributed by atoms with Gasteiger partial charge in [0.1, 0.15) is 11.6 Å². The summed E-state index contributed by atoms with van der Waals surface area (Å²) in [6.07, 6.45) is 1.90. The second kappa shape index (κ2) is 10.5. The highest BCUT2D eigenvalue weighted by molar-refractivity contribution is 5.81. The van der Waals surface area contributed by atoms with Crippen molar-refractivity contribution in [2.45, 2.75) is 33.2 Å². The molecular weight excluding hydrogens is 428 g/mol. The number of benzene rings is 3. The molecule has 0 N–H and O–H groups in total. The Hall–Kier alpha value is -3.67. The first-order valence-corrected chi connectivity index (χ1v) is 11.5. The maximum absolute atomic E-state index is 6.00. The van der Waals surface area contributed by atoms with E-state index in [1.54, 1.807) is 21.3 Å². The molecule has 0 saturated heterocycles. The molecule has 6 nitrogen and oxygen atoms in total. The van der Waals surface area contributed by atoms with Gasteiger partial charge in [0.25, 0.3) is 0 Å². The van der Waals surface area contributed by atoms with E-state index < -0.39 is 0 Å². The van der Waals surface area contributed by atoms with Crippen LogP contribution in [-0.2, 0) is 6.54 Å². The average Bonchev–Trinajstić information content (AvgIpc) is 3.20. The summed E-state index contributed by atoms with van der Waals surface area (Å²) in [6.45, 7) is 5.68. The zero-order valence-electron chi connectivity index (χ0n) is 20.6. The van der Waals surface area contributed by atoms with Crippen molar-refractivity contribution >= 4 is 11.0 Å². The van der Waals surface area contributed by atoms with Crippen molar-refractivity contribution in [3.05, 3.63) is 65.7 Å². The summed E-state index contributed by atoms with van der Waals surface area (Å²) in [4.78, 5) is 4.93. The lowest BCUT2D eigenvalue weighted by Crippen LogP contribution is -2.05. The maximum Gasteiger partial charge on any atom is 0.203 e. The lowest BCUT2D eigenvalue weighted by atomic mass is 10.1. The van der Waals surface area contributed by atoms with Crippen LogP contribution in [0.4, 0.5) is 0 Å². The summed E-state index contributed by atoms with van der Waals surface area (Å²) in [5.41, 5.74) is 5.40. The molecule has 4 rings (SSSR count). The van der Waals surface area contributed by atoms with Crippen molar-refractivity contribution in [2.24, 2.45) is 0 Å². The van der Waals surface area contributed by atoms with Gasteiger partial charge in [-0.3, -0.25) is 0 Å². The predicted molar refractivity (Wildman–Crippen MR) is 135 cm³/mol. The molecule has 178 valence electrons. The van der Waals surface area contributed by atoms with Gasteiger partial charge in [0.15, 0.2) is 11.5 Å². The van der Waals surface area contributed by atoms with E-state index in [0.29, 0.717) is 23.9 Å². The van der Waals surface area contributed by atoms with Crippen LogP contribution in [0.1, 0.15) is 24.0 Å². The fourth-order valence-corrected chi connectivity index (χ4v) is 4.31. The molecule has 3 aromatic carbocycles. The van der Waals surface area contributed by atoms with E-state index >= 15 is 0 Å². The van der Waals surface area contributed by atoms with Crippen molar-refractivity contribution in [1.82, 2.24) is 9.55 Å². The number of imidazole rings is 1. The van der Waals surface area contributed by atoms with Gasteiger partial charge in [-0.15, -0.1) is 0 Å². The first-order valence-electron chi connectivity index (χ1n) is 11.5. The fourth-order valence-electron chi connectivity index (χ4n) is 4.31. The fraction of sp³-hybridized carbons (Fsp3) is 0.321.